The molecule has 0 aromatic rings. The molecule has 0 radical (unpaired) electrons. The van der Waals surface area contributed by atoms with E-state index in [4.69, 9.17) is 5.11 Å². The van der Waals surface area contributed by atoms with Crippen molar-refractivity contribution in [3.8, 4) is 0 Å². The number of nitrogens with zero attached hydrogens (tertiary/aromatic N) is 2. The minimum atomic E-state index is -1.40. The van der Waals surface area contributed by atoms with Crippen molar-refractivity contribution in [3.05, 3.63) is 23.8 Å². The molecule has 0 aromatic heterocycles. The van der Waals surface area contributed by atoms with Gasteiger partial charge in [0.25, 0.3) is 0 Å². The highest BCUT2D eigenvalue weighted by Gasteiger charge is 2.32. The number of carboxylic acids is 2. The number of nitrogens with one attached hydrogen (secondary N) is 6. The van der Waals surface area contributed by atoms with Gasteiger partial charge in [-0.25, -0.2) is 0 Å². The van der Waals surface area contributed by atoms with Crippen molar-refractivity contribution < 1.29 is 39.0 Å². The van der Waals surface area contributed by atoms with E-state index < -0.39 is 66.2 Å². The quantitative estimate of drug-likeness (QED) is 0.0650. The SMILES string of the molecule is C=N/C=C(/CC(NC(=O)C(CCC(=O)O)NC(C)C)C(=O)NC(CCC(=O)O)C(=O)NC(C/C(=C/N=C)NC)C(=O)C(C)C)NC. The van der Waals surface area contributed by atoms with E-state index in [0.717, 1.165) is 0 Å². The third kappa shape index (κ3) is 16.5. The Morgan fingerprint density at radius 1 is 0.652 bits per heavy atom. The number of ketones is 1. The fourth-order valence-electron chi connectivity index (χ4n) is 4.25. The van der Waals surface area contributed by atoms with Crippen LogP contribution in [0.5, 0.6) is 0 Å². The molecule has 16 heteroatoms. The van der Waals surface area contributed by atoms with Crippen molar-refractivity contribution in [1.82, 2.24) is 31.9 Å². The molecule has 3 amide bonds. The maximum atomic E-state index is 13.7. The molecule has 0 rings (SSSR count). The molecule has 0 aliphatic heterocycles. The first-order chi connectivity index (χ1) is 21.6. The Kier molecular flexibility index (Phi) is 19.8. The van der Waals surface area contributed by atoms with Crippen LogP contribution in [0.3, 0.4) is 0 Å². The number of rotatable bonds is 24. The van der Waals surface area contributed by atoms with E-state index in [1.807, 2.05) is 0 Å². The Hall–Kier alpha value is -4.60. The lowest BCUT2D eigenvalue weighted by Gasteiger charge is -2.27. The summed E-state index contributed by atoms with van der Waals surface area (Å²) in [6.07, 6.45) is 1.45. The zero-order valence-corrected chi connectivity index (χ0v) is 27.5. The Morgan fingerprint density at radius 2 is 1.04 bits per heavy atom. The second-order valence-electron chi connectivity index (χ2n) is 11.1. The van der Waals surface area contributed by atoms with Gasteiger partial charge >= 0.3 is 11.9 Å². The van der Waals surface area contributed by atoms with Crippen LogP contribution in [-0.4, -0.2) is 103 Å². The summed E-state index contributed by atoms with van der Waals surface area (Å²) in [6, 6.07) is -4.90. The number of aliphatic carboxylic acids is 2. The number of aliphatic imine (C=N–C) groups is 2. The van der Waals surface area contributed by atoms with Gasteiger partial charge in [-0.3, -0.25) is 38.8 Å². The highest BCUT2D eigenvalue weighted by Crippen LogP contribution is 2.12. The number of Topliss-reactive ketones (excluding diaryl/α,β-unsaturated/α-hetero) is 1. The van der Waals surface area contributed by atoms with Gasteiger partial charge in [0.05, 0.1) is 12.1 Å². The summed E-state index contributed by atoms with van der Waals surface area (Å²) in [7, 11) is 3.17. The number of carboxylic acid groups (broad SMARTS) is 2. The third-order valence-corrected chi connectivity index (χ3v) is 6.62. The molecule has 0 bridgehead atoms. The van der Waals surface area contributed by atoms with Crippen molar-refractivity contribution in [1.29, 1.82) is 0 Å². The molecule has 0 spiro atoms. The van der Waals surface area contributed by atoms with Crippen LogP contribution in [0.25, 0.3) is 0 Å². The molecular weight excluding hydrogens is 600 g/mol. The van der Waals surface area contributed by atoms with Gasteiger partial charge in [0.1, 0.15) is 12.1 Å². The first kappa shape index (κ1) is 41.4. The summed E-state index contributed by atoms with van der Waals surface area (Å²) in [5, 5.41) is 35.0. The van der Waals surface area contributed by atoms with E-state index in [0.29, 0.717) is 11.4 Å². The van der Waals surface area contributed by atoms with E-state index in [1.165, 1.54) is 12.4 Å². The number of hydrogen-bond acceptors (Lipinski definition) is 11. The van der Waals surface area contributed by atoms with Gasteiger partial charge in [0.15, 0.2) is 5.78 Å². The van der Waals surface area contributed by atoms with Gasteiger partial charge in [-0.1, -0.05) is 27.7 Å². The van der Waals surface area contributed by atoms with Crippen LogP contribution in [0.1, 0.15) is 66.2 Å². The smallest absolute Gasteiger partial charge is 0.303 e. The van der Waals surface area contributed by atoms with Gasteiger partial charge in [0, 0.05) is 75.5 Å². The topological polar surface area (TPSA) is 240 Å². The first-order valence-corrected chi connectivity index (χ1v) is 14.9. The molecule has 0 saturated carbocycles. The highest BCUT2D eigenvalue weighted by molar-refractivity contribution is 5.96. The number of carbonyl (C=O) groups is 6. The van der Waals surface area contributed by atoms with Crippen LogP contribution in [0, 0.1) is 5.92 Å². The van der Waals surface area contributed by atoms with Crippen LogP contribution in [0.4, 0.5) is 0 Å². The lowest BCUT2D eigenvalue weighted by atomic mass is 9.97. The molecule has 8 N–H and O–H groups in total. The van der Waals surface area contributed by atoms with Crippen LogP contribution in [-0.2, 0) is 28.8 Å². The lowest BCUT2D eigenvalue weighted by Crippen LogP contribution is -2.58. The molecule has 0 aliphatic rings. The van der Waals surface area contributed by atoms with Gasteiger partial charge in [-0.15, -0.1) is 0 Å². The van der Waals surface area contributed by atoms with E-state index in [-0.39, 0.29) is 43.9 Å². The number of carbonyl (C=O) groups excluding carboxylic acids is 4. The fourth-order valence-corrected chi connectivity index (χ4v) is 4.25. The van der Waals surface area contributed by atoms with E-state index in [2.05, 4.69) is 55.3 Å². The van der Waals surface area contributed by atoms with E-state index >= 15 is 0 Å². The molecule has 0 fully saturated rings. The molecule has 16 nitrogen and oxygen atoms in total. The minimum absolute atomic E-state index is 0.0298. The predicted molar refractivity (Wildman–Crippen MR) is 174 cm³/mol. The molecule has 0 heterocycles. The lowest BCUT2D eigenvalue weighted by molar-refractivity contribution is -0.138. The Bertz CT molecular complexity index is 1150. The molecule has 4 atom stereocenters. The second-order valence-corrected chi connectivity index (χ2v) is 11.1. The van der Waals surface area contributed by atoms with Crippen molar-refractivity contribution in [3.63, 3.8) is 0 Å². The van der Waals surface area contributed by atoms with Crippen molar-refractivity contribution in [2.24, 2.45) is 15.9 Å². The normalized spacial score (nSPS) is 14.3. The minimum Gasteiger partial charge on any atom is -0.481 e. The second kappa shape index (κ2) is 22.0. The third-order valence-electron chi connectivity index (χ3n) is 6.62. The molecule has 46 heavy (non-hydrogen) atoms. The zero-order valence-electron chi connectivity index (χ0n) is 27.5. The number of amides is 3. The van der Waals surface area contributed by atoms with Crippen LogP contribution in [0.15, 0.2) is 33.8 Å². The van der Waals surface area contributed by atoms with E-state index in [1.54, 1.807) is 41.8 Å². The summed E-state index contributed by atoms with van der Waals surface area (Å²) in [5.74, 6) is -5.39. The molecule has 4 unspecified atom stereocenters. The van der Waals surface area contributed by atoms with Crippen molar-refractivity contribution in [2.45, 2.75) is 96.4 Å². The maximum Gasteiger partial charge on any atom is 0.303 e. The predicted octanol–water partition coefficient (Wildman–Crippen LogP) is 0.0651. The fraction of sp³-hybridized carbons (Fsp3) is 0.600. The molecule has 0 aliphatic carbocycles. The Labute approximate surface area is 270 Å². The molecular formula is C30H50N8O8. The van der Waals surface area contributed by atoms with E-state index in [9.17, 15) is 33.9 Å². The summed E-state index contributed by atoms with van der Waals surface area (Å²) in [5.41, 5.74) is 0.892. The van der Waals surface area contributed by atoms with Crippen LogP contribution in [0.2, 0.25) is 0 Å². The zero-order chi connectivity index (χ0) is 35.4. The average molecular weight is 651 g/mol. The van der Waals surface area contributed by atoms with Gasteiger partial charge < -0.3 is 42.1 Å². The number of hydrogen-bond donors (Lipinski definition) is 8. The molecule has 258 valence electrons. The standard InChI is InChI=1S/C30H50N8O8/c1-17(2)27(43)23(13-19(33-7)15-31-5)37-29(45)22(10-12-26(41)42)36-30(46)24(14-20(34-8)16-32-6)38-28(44)21(35-18(3)4)9-11-25(39)40/h15-18,21-24,33-35H,5-6,9-14H2,1-4,7-8H3,(H,36,46)(H,37,45)(H,38,44)(H,39,40)(H,41,42)/b19-15-,20-16-. The molecule has 0 aromatic carbocycles. The van der Waals surface area contributed by atoms with Crippen molar-refractivity contribution >= 4 is 48.9 Å². The Morgan fingerprint density at radius 3 is 1.46 bits per heavy atom. The summed E-state index contributed by atoms with van der Waals surface area (Å²) >= 11 is 0. The summed E-state index contributed by atoms with van der Waals surface area (Å²) in [4.78, 5) is 83.5. The average Bonchev–Trinajstić information content (AvgIpc) is 2.98. The van der Waals surface area contributed by atoms with Gasteiger partial charge in [0.2, 0.25) is 17.7 Å². The maximum absolute atomic E-state index is 13.7. The first-order valence-electron chi connectivity index (χ1n) is 14.9. The van der Waals surface area contributed by atoms with Crippen LogP contribution >= 0.6 is 0 Å². The summed E-state index contributed by atoms with van der Waals surface area (Å²) in [6.45, 7) is 13.7. The van der Waals surface area contributed by atoms with Gasteiger partial charge in [-0.2, -0.15) is 0 Å². The van der Waals surface area contributed by atoms with Crippen LogP contribution < -0.4 is 31.9 Å². The summed E-state index contributed by atoms with van der Waals surface area (Å²) < 4.78 is 0. The Balaban J connectivity index is 6.42. The highest BCUT2D eigenvalue weighted by atomic mass is 16.4. The van der Waals surface area contributed by atoms with Gasteiger partial charge in [-0.05, 0) is 26.3 Å². The monoisotopic (exact) mass is 650 g/mol. The van der Waals surface area contributed by atoms with Crippen molar-refractivity contribution in [2.75, 3.05) is 14.1 Å². The molecule has 0 saturated heterocycles. The largest absolute Gasteiger partial charge is 0.481 e.